The number of carbonyl (C=O) groups excluding carboxylic acids is 1. The average Bonchev–Trinajstić information content (AvgIpc) is 3.08. The summed E-state index contributed by atoms with van der Waals surface area (Å²) in [6, 6.07) is 10.6. The molecule has 1 fully saturated rings. The molecule has 0 bridgehead atoms. The van der Waals surface area contributed by atoms with Gasteiger partial charge in [0.25, 0.3) is 0 Å². The molecular weight excluding hydrogens is 352 g/mol. The number of amides is 1. The standard InChI is InChI=1S/C21H26N6O/c1-14(2)21(28)26-9-10-27(17(12-26)11-16-7-5-4-6-8-16)20-18-19(22-13-23-20)25-15(3)24-18/h4-8,13-14,17H,9-12H2,1-3H3,(H,22,23,24,25). The van der Waals surface area contributed by atoms with E-state index in [0.717, 1.165) is 30.1 Å². The van der Waals surface area contributed by atoms with Gasteiger partial charge in [-0.1, -0.05) is 44.2 Å². The maximum atomic E-state index is 12.6. The Balaban J connectivity index is 1.68. The Morgan fingerprint density at radius 3 is 2.75 bits per heavy atom. The topological polar surface area (TPSA) is 78.0 Å². The smallest absolute Gasteiger partial charge is 0.225 e. The third kappa shape index (κ3) is 3.56. The zero-order valence-corrected chi connectivity index (χ0v) is 16.6. The van der Waals surface area contributed by atoms with Gasteiger partial charge in [-0.2, -0.15) is 0 Å². The molecule has 0 saturated carbocycles. The van der Waals surface area contributed by atoms with E-state index in [2.05, 4.69) is 49.1 Å². The Kier molecular flexibility index (Phi) is 4.98. The number of H-pyrrole nitrogens is 1. The molecule has 7 heteroatoms. The fraction of sp³-hybridized carbons (Fsp3) is 0.429. The number of imidazole rings is 1. The number of piperazine rings is 1. The summed E-state index contributed by atoms with van der Waals surface area (Å²) in [5, 5.41) is 0. The van der Waals surface area contributed by atoms with Crippen molar-refractivity contribution in [2.75, 3.05) is 24.5 Å². The molecule has 1 atom stereocenters. The summed E-state index contributed by atoms with van der Waals surface area (Å²) in [5.74, 6) is 1.90. The summed E-state index contributed by atoms with van der Waals surface area (Å²) >= 11 is 0. The molecule has 1 aliphatic rings. The van der Waals surface area contributed by atoms with E-state index in [1.807, 2.05) is 31.7 Å². The molecule has 28 heavy (non-hydrogen) atoms. The Bertz CT molecular complexity index is 967. The zero-order valence-electron chi connectivity index (χ0n) is 16.6. The SMILES string of the molecule is Cc1nc2ncnc(N3CCN(C(=O)C(C)C)CC3Cc3ccccc3)c2[nH]1. The van der Waals surface area contributed by atoms with Gasteiger partial charge in [0.1, 0.15) is 17.7 Å². The number of nitrogens with one attached hydrogen (secondary N) is 1. The van der Waals surface area contributed by atoms with Crippen LogP contribution in [0.25, 0.3) is 11.2 Å². The van der Waals surface area contributed by atoms with Gasteiger partial charge in [0.05, 0.1) is 6.04 Å². The lowest BCUT2D eigenvalue weighted by Crippen LogP contribution is -2.56. The van der Waals surface area contributed by atoms with Gasteiger partial charge in [-0.3, -0.25) is 4.79 Å². The highest BCUT2D eigenvalue weighted by Gasteiger charge is 2.32. The van der Waals surface area contributed by atoms with Gasteiger partial charge in [0.15, 0.2) is 11.5 Å². The predicted molar refractivity (Wildman–Crippen MR) is 109 cm³/mol. The highest BCUT2D eigenvalue weighted by Crippen LogP contribution is 2.27. The van der Waals surface area contributed by atoms with Gasteiger partial charge in [-0.15, -0.1) is 0 Å². The lowest BCUT2D eigenvalue weighted by atomic mass is 10.0. The molecule has 1 amide bonds. The third-order valence-corrected chi connectivity index (χ3v) is 5.26. The van der Waals surface area contributed by atoms with Crippen molar-refractivity contribution in [3.05, 3.63) is 48.0 Å². The van der Waals surface area contributed by atoms with Crippen LogP contribution >= 0.6 is 0 Å². The predicted octanol–water partition coefficient (Wildman–Crippen LogP) is 2.58. The van der Waals surface area contributed by atoms with E-state index in [9.17, 15) is 4.79 Å². The van der Waals surface area contributed by atoms with Crippen LogP contribution < -0.4 is 4.90 Å². The first-order valence-electron chi connectivity index (χ1n) is 9.79. The Hall–Kier alpha value is -2.96. The van der Waals surface area contributed by atoms with E-state index < -0.39 is 0 Å². The monoisotopic (exact) mass is 378 g/mol. The maximum absolute atomic E-state index is 12.6. The van der Waals surface area contributed by atoms with Crippen LogP contribution in [0.5, 0.6) is 0 Å². The molecule has 1 unspecified atom stereocenters. The summed E-state index contributed by atoms with van der Waals surface area (Å²) in [7, 11) is 0. The molecule has 4 rings (SSSR count). The van der Waals surface area contributed by atoms with Crippen molar-refractivity contribution >= 4 is 22.9 Å². The molecule has 146 valence electrons. The van der Waals surface area contributed by atoms with Crippen LogP contribution in [0.1, 0.15) is 25.2 Å². The van der Waals surface area contributed by atoms with Gasteiger partial charge in [-0.05, 0) is 18.9 Å². The second-order valence-corrected chi connectivity index (χ2v) is 7.69. The number of rotatable bonds is 4. The largest absolute Gasteiger partial charge is 0.348 e. The molecular formula is C21H26N6O. The molecule has 0 spiro atoms. The molecule has 7 nitrogen and oxygen atoms in total. The number of aromatic amines is 1. The highest BCUT2D eigenvalue weighted by atomic mass is 16.2. The lowest BCUT2D eigenvalue weighted by Gasteiger charge is -2.42. The number of aromatic nitrogens is 4. The fourth-order valence-electron chi connectivity index (χ4n) is 3.91. The second-order valence-electron chi connectivity index (χ2n) is 7.69. The van der Waals surface area contributed by atoms with E-state index in [-0.39, 0.29) is 17.9 Å². The second kappa shape index (κ2) is 7.58. The van der Waals surface area contributed by atoms with Gasteiger partial charge in [0.2, 0.25) is 5.91 Å². The first-order valence-corrected chi connectivity index (χ1v) is 9.79. The van der Waals surface area contributed by atoms with Crippen LogP contribution in [0.2, 0.25) is 0 Å². The number of aryl methyl sites for hydroxylation is 1. The van der Waals surface area contributed by atoms with E-state index in [0.29, 0.717) is 18.7 Å². The minimum atomic E-state index is 0.00457. The summed E-state index contributed by atoms with van der Waals surface area (Å²) in [6.07, 6.45) is 2.42. The van der Waals surface area contributed by atoms with Crippen LogP contribution in [-0.2, 0) is 11.2 Å². The minimum absolute atomic E-state index is 0.00457. The van der Waals surface area contributed by atoms with Gasteiger partial charge >= 0.3 is 0 Å². The number of hydrogen-bond donors (Lipinski definition) is 1. The van der Waals surface area contributed by atoms with Crippen LogP contribution in [0.4, 0.5) is 5.82 Å². The van der Waals surface area contributed by atoms with Crippen molar-refractivity contribution in [1.29, 1.82) is 0 Å². The zero-order chi connectivity index (χ0) is 19.7. The highest BCUT2D eigenvalue weighted by molar-refractivity contribution is 5.84. The minimum Gasteiger partial charge on any atom is -0.348 e. The number of hydrogen-bond acceptors (Lipinski definition) is 5. The molecule has 3 aromatic rings. The third-order valence-electron chi connectivity index (χ3n) is 5.26. The quantitative estimate of drug-likeness (QED) is 0.755. The summed E-state index contributed by atoms with van der Waals surface area (Å²) < 4.78 is 0. The fourth-order valence-corrected chi connectivity index (χ4v) is 3.91. The van der Waals surface area contributed by atoms with E-state index in [1.54, 1.807) is 6.33 Å². The summed E-state index contributed by atoms with van der Waals surface area (Å²) in [6.45, 7) is 7.96. The van der Waals surface area contributed by atoms with E-state index >= 15 is 0 Å². The Morgan fingerprint density at radius 1 is 1.21 bits per heavy atom. The summed E-state index contributed by atoms with van der Waals surface area (Å²) in [5.41, 5.74) is 2.80. The van der Waals surface area contributed by atoms with E-state index in [4.69, 9.17) is 0 Å². The van der Waals surface area contributed by atoms with Crippen molar-refractivity contribution in [3.63, 3.8) is 0 Å². The van der Waals surface area contributed by atoms with E-state index in [1.165, 1.54) is 5.56 Å². The molecule has 1 aliphatic heterocycles. The molecule has 1 saturated heterocycles. The molecule has 1 aromatic carbocycles. The molecule has 1 N–H and O–H groups in total. The van der Waals surface area contributed by atoms with Gasteiger partial charge < -0.3 is 14.8 Å². The van der Waals surface area contributed by atoms with Crippen LogP contribution in [0.15, 0.2) is 36.7 Å². The lowest BCUT2D eigenvalue weighted by molar-refractivity contribution is -0.135. The normalized spacial score (nSPS) is 17.5. The van der Waals surface area contributed by atoms with Crippen molar-refractivity contribution in [2.24, 2.45) is 5.92 Å². The van der Waals surface area contributed by atoms with Crippen LogP contribution in [0, 0.1) is 12.8 Å². The molecule has 0 aliphatic carbocycles. The Morgan fingerprint density at radius 2 is 2.00 bits per heavy atom. The first kappa shape index (κ1) is 18.4. The average molecular weight is 378 g/mol. The van der Waals surface area contributed by atoms with Crippen LogP contribution in [-0.4, -0.2) is 56.4 Å². The Labute approximate surface area is 164 Å². The van der Waals surface area contributed by atoms with Crippen molar-refractivity contribution in [1.82, 2.24) is 24.8 Å². The number of benzene rings is 1. The molecule has 3 heterocycles. The van der Waals surface area contributed by atoms with Gasteiger partial charge in [0, 0.05) is 25.6 Å². The summed E-state index contributed by atoms with van der Waals surface area (Å²) in [4.78, 5) is 33.5. The number of fused-ring (bicyclic) bond motifs is 1. The van der Waals surface area contributed by atoms with Crippen LogP contribution in [0.3, 0.4) is 0 Å². The molecule has 0 radical (unpaired) electrons. The molecule has 2 aromatic heterocycles. The van der Waals surface area contributed by atoms with Crippen molar-refractivity contribution < 1.29 is 4.79 Å². The number of nitrogens with zero attached hydrogens (tertiary/aromatic N) is 5. The maximum Gasteiger partial charge on any atom is 0.225 e. The van der Waals surface area contributed by atoms with Gasteiger partial charge in [-0.25, -0.2) is 15.0 Å². The number of carbonyl (C=O) groups is 1. The first-order chi connectivity index (χ1) is 13.5. The number of anilines is 1. The van der Waals surface area contributed by atoms with Crippen molar-refractivity contribution in [3.8, 4) is 0 Å². The van der Waals surface area contributed by atoms with Crippen molar-refractivity contribution in [2.45, 2.75) is 33.2 Å².